The Hall–Kier alpha value is -2.05. The predicted molar refractivity (Wildman–Crippen MR) is 85.8 cm³/mol. The van der Waals surface area contributed by atoms with Crippen LogP contribution in [0.15, 0.2) is 24.3 Å². The highest BCUT2D eigenvalue weighted by molar-refractivity contribution is 5.80. The van der Waals surface area contributed by atoms with Crippen LogP contribution in [0.4, 0.5) is 13.2 Å². The van der Waals surface area contributed by atoms with Gasteiger partial charge in [-0.3, -0.25) is 9.59 Å². The number of nitrogens with zero attached hydrogens (tertiary/aromatic N) is 1. The second-order valence-corrected chi connectivity index (χ2v) is 6.76. The van der Waals surface area contributed by atoms with Crippen LogP contribution in [0.5, 0.6) is 0 Å². The van der Waals surface area contributed by atoms with Crippen molar-refractivity contribution in [2.24, 2.45) is 11.8 Å². The van der Waals surface area contributed by atoms with Crippen LogP contribution in [0.1, 0.15) is 37.8 Å². The van der Waals surface area contributed by atoms with E-state index in [0.29, 0.717) is 18.4 Å². The van der Waals surface area contributed by atoms with Crippen molar-refractivity contribution in [2.45, 2.75) is 45.3 Å². The van der Waals surface area contributed by atoms with Gasteiger partial charge in [0.15, 0.2) is 0 Å². The summed E-state index contributed by atoms with van der Waals surface area (Å²) >= 11 is 0. The zero-order valence-electron chi connectivity index (χ0n) is 14.2. The van der Waals surface area contributed by atoms with Crippen molar-refractivity contribution in [3.63, 3.8) is 0 Å². The van der Waals surface area contributed by atoms with Gasteiger partial charge in [0, 0.05) is 18.5 Å². The monoisotopic (exact) mass is 357 g/mol. The normalized spacial score (nSPS) is 22.5. The molecule has 1 aromatic rings. The standard InChI is InChI=1S/C18H22F3NO3/c1-11(8-13-4-3-5-15(9-13)18(19,20)21)16(23)22-10-14(17(24)25)7-6-12(22)2/h3-5,9,11-12,14H,6-8,10H2,1-2H3,(H,24,25). The van der Waals surface area contributed by atoms with Crippen molar-refractivity contribution in [3.8, 4) is 0 Å². The number of piperidine rings is 1. The van der Waals surface area contributed by atoms with E-state index in [2.05, 4.69) is 0 Å². The average molecular weight is 357 g/mol. The van der Waals surface area contributed by atoms with Gasteiger partial charge in [-0.05, 0) is 37.8 Å². The molecule has 2 rings (SSSR count). The number of rotatable bonds is 4. The fraction of sp³-hybridized carbons (Fsp3) is 0.556. The van der Waals surface area contributed by atoms with E-state index >= 15 is 0 Å². The van der Waals surface area contributed by atoms with E-state index in [1.165, 1.54) is 6.07 Å². The molecule has 0 aromatic heterocycles. The molecule has 1 aromatic carbocycles. The Bertz CT molecular complexity index is 645. The van der Waals surface area contributed by atoms with E-state index < -0.39 is 29.5 Å². The number of hydrogen-bond acceptors (Lipinski definition) is 2. The van der Waals surface area contributed by atoms with Crippen molar-refractivity contribution in [3.05, 3.63) is 35.4 Å². The summed E-state index contributed by atoms with van der Waals surface area (Å²) in [4.78, 5) is 25.4. The lowest BCUT2D eigenvalue weighted by molar-refractivity contribution is -0.148. The van der Waals surface area contributed by atoms with Gasteiger partial charge in [-0.15, -0.1) is 0 Å². The maximum Gasteiger partial charge on any atom is 0.416 e. The average Bonchev–Trinajstić information content (AvgIpc) is 2.53. The number of alkyl halides is 3. The van der Waals surface area contributed by atoms with Gasteiger partial charge in [0.2, 0.25) is 5.91 Å². The highest BCUT2D eigenvalue weighted by atomic mass is 19.4. The van der Waals surface area contributed by atoms with E-state index in [0.717, 1.165) is 12.1 Å². The molecule has 0 bridgehead atoms. The third-order valence-corrected chi connectivity index (χ3v) is 4.73. The molecular formula is C18H22F3NO3. The topological polar surface area (TPSA) is 57.6 Å². The number of halogens is 3. The van der Waals surface area contributed by atoms with Gasteiger partial charge in [-0.25, -0.2) is 0 Å². The smallest absolute Gasteiger partial charge is 0.416 e. The lowest BCUT2D eigenvalue weighted by atomic mass is 9.91. The van der Waals surface area contributed by atoms with Gasteiger partial charge in [-0.2, -0.15) is 13.2 Å². The van der Waals surface area contributed by atoms with E-state index in [1.54, 1.807) is 17.9 Å². The Morgan fingerprint density at radius 1 is 1.32 bits per heavy atom. The summed E-state index contributed by atoms with van der Waals surface area (Å²) in [6.07, 6.45) is -3.09. The Morgan fingerprint density at radius 3 is 2.60 bits per heavy atom. The Labute approximate surface area is 144 Å². The van der Waals surface area contributed by atoms with Crippen LogP contribution in [0.2, 0.25) is 0 Å². The molecule has 3 unspecified atom stereocenters. The molecule has 1 N–H and O–H groups in total. The maximum absolute atomic E-state index is 12.8. The number of benzene rings is 1. The molecule has 4 nitrogen and oxygen atoms in total. The lowest BCUT2D eigenvalue weighted by Crippen LogP contribution is -2.49. The van der Waals surface area contributed by atoms with Crippen LogP contribution < -0.4 is 0 Å². The molecule has 0 spiro atoms. The predicted octanol–water partition coefficient (Wildman–Crippen LogP) is 3.60. The molecule has 1 heterocycles. The summed E-state index contributed by atoms with van der Waals surface area (Å²) in [7, 11) is 0. The molecule has 1 amide bonds. The molecule has 0 radical (unpaired) electrons. The Balaban J connectivity index is 2.08. The Kier molecular flexibility index (Phi) is 5.75. The number of carboxylic acids is 1. The number of likely N-dealkylation sites (tertiary alicyclic amines) is 1. The maximum atomic E-state index is 12.8. The van der Waals surface area contributed by atoms with E-state index in [9.17, 15) is 22.8 Å². The minimum absolute atomic E-state index is 0.0629. The third kappa shape index (κ3) is 4.74. The van der Waals surface area contributed by atoms with E-state index in [1.807, 2.05) is 6.92 Å². The van der Waals surface area contributed by atoms with Crippen LogP contribution in [-0.2, 0) is 22.2 Å². The SMILES string of the molecule is CC(Cc1cccc(C(F)(F)F)c1)C(=O)N1CC(C(=O)O)CCC1C. The van der Waals surface area contributed by atoms with Gasteiger partial charge < -0.3 is 10.0 Å². The Morgan fingerprint density at radius 2 is 2.00 bits per heavy atom. The van der Waals surface area contributed by atoms with Crippen LogP contribution in [0.25, 0.3) is 0 Å². The van der Waals surface area contributed by atoms with Crippen LogP contribution >= 0.6 is 0 Å². The molecule has 25 heavy (non-hydrogen) atoms. The molecular weight excluding hydrogens is 335 g/mol. The zero-order valence-corrected chi connectivity index (χ0v) is 14.2. The first kappa shape index (κ1) is 19.3. The van der Waals surface area contributed by atoms with Crippen molar-refractivity contribution >= 4 is 11.9 Å². The van der Waals surface area contributed by atoms with Crippen molar-refractivity contribution in [1.82, 2.24) is 4.90 Å². The molecule has 0 saturated carbocycles. The van der Waals surface area contributed by atoms with Crippen LogP contribution in [0.3, 0.4) is 0 Å². The number of carbonyl (C=O) groups is 2. The van der Waals surface area contributed by atoms with Crippen molar-refractivity contribution in [2.75, 3.05) is 6.54 Å². The first-order chi connectivity index (χ1) is 11.6. The van der Waals surface area contributed by atoms with E-state index in [4.69, 9.17) is 5.11 Å². The first-order valence-electron chi connectivity index (χ1n) is 8.29. The first-order valence-corrected chi connectivity index (χ1v) is 8.29. The molecule has 7 heteroatoms. The second-order valence-electron chi connectivity index (χ2n) is 6.76. The summed E-state index contributed by atoms with van der Waals surface area (Å²) in [5, 5.41) is 9.16. The van der Waals surface area contributed by atoms with Gasteiger partial charge in [-0.1, -0.05) is 25.1 Å². The number of carbonyl (C=O) groups excluding carboxylic acids is 1. The zero-order chi connectivity index (χ0) is 18.8. The number of carboxylic acid groups (broad SMARTS) is 1. The molecule has 1 aliphatic rings. The number of hydrogen-bond donors (Lipinski definition) is 1. The number of amides is 1. The third-order valence-electron chi connectivity index (χ3n) is 4.73. The van der Waals surface area contributed by atoms with Crippen LogP contribution in [0, 0.1) is 11.8 Å². The summed E-state index contributed by atoms with van der Waals surface area (Å²) < 4.78 is 38.4. The highest BCUT2D eigenvalue weighted by Gasteiger charge is 2.34. The molecule has 1 fully saturated rings. The second kappa shape index (κ2) is 7.45. The fourth-order valence-electron chi connectivity index (χ4n) is 3.21. The molecule has 1 saturated heterocycles. The largest absolute Gasteiger partial charge is 0.481 e. The lowest BCUT2D eigenvalue weighted by Gasteiger charge is -2.38. The molecule has 0 aliphatic carbocycles. The van der Waals surface area contributed by atoms with E-state index in [-0.39, 0.29) is 24.9 Å². The molecule has 3 atom stereocenters. The van der Waals surface area contributed by atoms with Gasteiger partial charge in [0.25, 0.3) is 0 Å². The molecule has 138 valence electrons. The van der Waals surface area contributed by atoms with Gasteiger partial charge in [0.1, 0.15) is 0 Å². The minimum Gasteiger partial charge on any atom is -0.481 e. The quantitative estimate of drug-likeness (QED) is 0.896. The van der Waals surface area contributed by atoms with Crippen molar-refractivity contribution in [1.29, 1.82) is 0 Å². The fourth-order valence-corrected chi connectivity index (χ4v) is 3.21. The van der Waals surface area contributed by atoms with Crippen molar-refractivity contribution < 1.29 is 27.9 Å². The summed E-state index contributed by atoms with van der Waals surface area (Å²) in [6, 6.07) is 4.90. The number of aliphatic carboxylic acids is 1. The van der Waals surface area contributed by atoms with Gasteiger partial charge in [0.05, 0.1) is 11.5 Å². The van der Waals surface area contributed by atoms with Gasteiger partial charge >= 0.3 is 12.1 Å². The van der Waals surface area contributed by atoms with Crippen LogP contribution in [-0.4, -0.2) is 34.5 Å². The summed E-state index contributed by atoms with van der Waals surface area (Å²) in [6.45, 7) is 3.69. The highest BCUT2D eigenvalue weighted by Crippen LogP contribution is 2.30. The minimum atomic E-state index is -4.42. The molecule has 1 aliphatic heterocycles. The summed E-state index contributed by atoms with van der Waals surface area (Å²) in [5.41, 5.74) is -0.294. The summed E-state index contributed by atoms with van der Waals surface area (Å²) in [5.74, 6) is -2.23.